The van der Waals surface area contributed by atoms with Gasteiger partial charge in [0.05, 0.1) is 0 Å². The molecule has 0 aliphatic heterocycles. The van der Waals surface area contributed by atoms with Crippen LogP contribution in [0.1, 0.15) is 85.0 Å². The van der Waals surface area contributed by atoms with E-state index in [0.29, 0.717) is 19.5 Å². The lowest BCUT2D eigenvalue weighted by Crippen LogP contribution is -2.37. The first-order valence-corrected chi connectivity index (χ1v) is 9.66. The molecule has 7 nitrogen and oxygen atoms in total. The SMILES string of the molecule is CC(C)(C)OC(=O)NCCNC(=O)CCCCCCCCCCC(=O)O. The molecule has 0 aliphatic carbocycles. The molecule has 0 heterocycles. The Labute approximate surface area is 157 Å². The van der Waals surface area contributed by atoms with Gasteiger partial charge in [-0.05, 0) is 33.6 Å². The van der Waals surface area contributed by atoms with Crippen LogP contribution in [0.2, 0.25) is 0 Å². The molecule has 7 heteroatoms. The van der Waals surface area contributed by atoms with Gasteiger partial charge in [-0.25, -0.2) is 4.79 Å². The highest BCUT2D eigenvalue weighted by molar-refractivity contribution is 5.75. The highest BCUT2D eigenvalue weighted by Crippen LogP contribution is 2.10. The average molecular weight is 373 g/mol. The molecular formula is C19H36N2O5. The Kier molecular flexibility index (Phi) is 13.4. The summed E-state index contributed by atoms with van der Waals surface area (Å²) in [7, 11) is 0. The molecule has 0 rings (SSSR count). The summed E-state index contributed by atoms with van der Waals surface area (Å²) in [5.41, 5.74) is -0.522. The molecule has 0 spiro atoms. The Hall–Kier alpha value is -1.79. The van der Waals surface area contributed by atoms with Crippen molar-refractivity contribution < 1.29 is 24.2 Å². The number of rotatable bonds is 14. The van der Waals surface area contributed by atoms with Crippen molar-refractivity contribution in [2.75, 3.05) is 13.1 Å². The quantitative estimate of drug-likeness (QED) is 0.404. The molecule has 152 valence electrons. The van der Waals surface area contributed by atoms with Crippen molar-refractivity contribution in [1.29, 1.82) is 0 Å². The molecular weight excluding hydrogens is 336 g/mol. The molecule has 0 atom stereocenters. The molecule has 0 saturated heterocycles. The van der Waals surface area contributed by atoms with Crippen LogP contribution in [-0.2, 0) is 14.3 Å². The van der Waals surface area contributed by atoms with Gasteiger partial charge in [-0.1, -0.05) is 38.5 Å². The fourth-order valence-corrected chi connectivity index (χ4v) is 2.39. The Morgan fingerprint density at radius 1 is 0.769 bits per heavy atom. The Morgan fingerprint density at radius 2 is 1.23 bits per heavy atom. The average Bonchev–Trinajstić information content (AvgIpc) is 2.51. The van der Waals surface area contributed by atoms with Crippen LogP contribution in [0.25, 0.3) is 0 Å². The minimum atomic E-state index is -0.719. The molecule has 0 bridgehead atoms. The number of hydrogen-bond donors (Lipinski definition) is 3. The fourth-order valence-electron chi connectivity index (χ4n) is 2.39. The summed E-state index contributed by atoms with van der Waals surface area (Å²) in [6.07, 6.45) is 8.37. The van der Waals surface area contributed by atoms with Crippen molar-refractivity contribution in [2.45, 2.75) is 90.6 Å². The maximum atomic E-state index is 11.7. The Bertz CT molecular complexity index is 419. The number of hydrogen-bond acceptors (Lipinski definition) is 4. The zero-order valence-corrected chi connectivity index (χ0v) is 16.6. The molecule has 26 heavy (non-hydrogen) atoms. The van der Waals surface area contributed by atoms with E-state index in [1.54, 1.807) is 20.8 Å². The molecule has 0 aromatic heterocycles. The zero-order chi connectivity index (χ0) is 19.8. The minimum Gasteiger partial charge on any atom is -0.481 e. The van der Waals surface area contributed by atoms with Gasteiger partial charge in [0.25, 0.3) is 0 Å². The molecule has 3 N–H and O–H groups in total. The predicted octanol–water partition coefficient (Wildman–Crippen LogP) is 3.61. The van der Waals surface area contributed by atoms with E-state index in [1.807, 2.05) is 0 Å². The van der Waals surface area contributed by atoms with Gasteiger partial charge in [-0.15, -0.1) is 0 Å². The van der Waals surface area contributed by atoms with Crippen molar-refractivity contribution in [1.82, 2.24) is 10.6 Å². The van der Waals surface area contributed by atoms with E-state index in [9.17, 15) is 14.4 Å². The lowest BCUT2D eigenvalue weighted by Gasteiger charge is -2.19. The number of carboxylic acid groups (broad SMARTS) is 1. The molecule has 0 aromatic rings. The van der Waals surface area contributed by atoms with Gasteiger partial charge in [0.2, 0.25) is 5.91 Å². The summed E-state index contributed by atoms with van der Waals surface area (Å²) in [5, 5.41) is 13.9. The lowest BCUT2D eigenvalue weighted by molar-refractivity contribution is -0.137. The third kappa shape index (κ3) is 18.5. The molecule has 0 unspecified atom stereocenters. The van der Waals surface area contributed by atoms with Crippen molar-refractivity contribution in [3.05, 3.63) is 0 Å². The first-order valence-electron chi connectivity index (χ1n) is 9.66. The van der Waals surface area contributed by atoms with Crippen LogP contribution in [0.15, 0.2) is 0 Å². The fraction of sp³-hybridized carbons (Fsp3) is 0.842. The van der Waals surface area contributed by atoms with Gasteiger partial charge in [0.15, 0.2) is 0 Å². The van der Waals surface area contributed by atoms with E-state index in [4.69, 9.17) is 9.84 Å². The molecule has 2 amide bonds. The van der Waals surface area contributed by atoms with Gasteiger partial charge in [0.1, 0.15) is 5.60 Å². The Morgan fingerprint density at radius 3 is 1.73 bits per heavy atom. The highest BCUT2D eigenvalue weighted by atomic mass is 16.6. The molecule has 0 aromatic carbocycles. The van der Waals surface area contributed by atoms with Crippen molar-refractivity contribution in [2.24, 2.45) is 0 Å². The number of ether oxygens (including phenoxy) is 1. The monoisotopic (exact) mass is 372 g/mol. The van der Waals surface area contributed by atoms with Crippen LogP contribution < -0.4 is 10.6 Å². The molecule has 0 saturated carbocycles. The number of carboxylic acids is 1. The smallest absolute Gasteiger partial charge is 0.407 e. The minimum absolute atomic E-state index is 0.00431. The number of nitrogens with one attached hydrogen (secondary N) is 2. The number of aliphatic carboxylic acids is 1. The van der Waals surface area contributed by atoms with Crippen LogP contribution in [0.4, 0.5) is 4.79 Å². The number of unbranched alkanes of at least 4 members (excludes halogenated alkanes) is 7. The summed E-state index contributed by atoms with van der Waals surface area (Å²) in [6, 6.07) is 0. The molecule has 0 radical (unpaired) electrons. The number of alkyl carbamates (subject to hydrolysis) is 1. The lowest BCUT2D eigenvalue weighted by atomic mass is 10.1. The summed E-state index contributed by atoms with van der Waals surface area (Å²) < 4.78 is 5.10. The van der Waals surface area contributed by atoms with Crippen LogP contribution in [0.3, 0.4) is 0 Å². The maximum Gasteiger partial charge on any atom is 0.407 e. The largest absolute Gasteiger partial charge is 0.481 e. The second kappa shape index (κ2) is 14.4. The van der Waals surface area contributed by atoms with E-state index in [0.717, 1.165) is 51.4 Å². The topological polar surface area (TPSA) is 105 Å². The van der Waals surface area contributed by atoms with Crippen LogP contribution in [0.5, 0.6) is 0 Å². The first kappa shape index (κ1) is 24.2. The standard InChI is InChI=1S/C19H36N2O5/c1-19(2,3)26-18(25)21-15-14-20-16(22)12-10-8-6-4-5-7-9-11-13-17(23)24/h4-15H2,1-3H3,(H,20,22)(H,21,25)(H,23,24). The van der Waals surface area contributed by atoms with E-state index >= 15 is 0 Å². The normalized spacial score (nSPS) is 11.0. The van der Waals surface area contributed by atoms with Crippen molar-refractivity contribution in [3.8, 4) is 0 Å². The number of amides is 2. The van der Waals surface area contributed by atoms with Gasteiger partial charge in [-0.2, -0.15) is 0 Å². The van der Waals surface area contributed by atoms with Crippen molar-refractivity contribution in [3.63, 3.8) is 0 Å². The Balaban J connectivity index is 3.37. The van der Waals surface area contributed by atoms with E-state index in [1.165, 1.54) is 0 Å². The van der Waals surface area contributed by atoms with E-state index in [2.05, 4.69) is 10.6 Å². The van der Waals surface area contributed by atoms with Crippen LogP contribution in [-0.4, -0.2) is 41.8 Å². The van der Waals surface area contributed by atoms with Gasteiger partial charge in [0, 0.05) is 25.9 Å². The molecule has 0 fully saturated rings. The second-order valence-corrected chi connectivity index (χ2v) is 7.50. The maximum absolute atomic E-state index is 11.7. The van der Waals surface area contributed by atoms with Gasteiger partial charge >= 0.3 is 12.1 Å². The second-order valence-electron chi connectivity index (χ2n) is 7.50. The summed E-state index contributed by atoms with van der Waals surface area (Å²) in [5.74, 6) is -0.714. The number of carbonyl (C=O) groups excluding carboxylic acids is 2. The van der Waals surface area contributed by atoms with Gasteiger partial charge in [-0.3, -0.25) is 9.59 Å². The van der Waals surface area contributed by atoms with E-state index < -0.39 is 17.7 Å². The summed E-state index contributed by atoms with van der Waals surface area (Å²) in [6.45, 7) is 6.15. The summed E-state index contributed by atoms with van der Waals surface area (Å²) in [4.78, 5) is 33.5. The van der Waals surface area contributed by atoms with Crippen LogP contribution in [0, 0.1) is 0 Å². The van der Waals surface area contributed by atoms with Crippen molar-refractivity contribution >= 4 is 18.0 Å². The third-order valence-electron chi connectivity index (χ3n) is 3.66. The molecule has 0 aliphatic rings. The number of carbonyl (C=O) groups is 3. The van der Waals surface area contributed by atoms with Crippen LogP contribution >= 0.6 is 0 Å². The summed E-state index contributed by atoms with van der Waals surface area (Å²) >= 11 is 0. The predicted molar refractivity (Wildman–Crippen MR) is 101 cm³/mol. The van der Waals surface area contributed by atoms with Gasteiger partial charge < -0.3 is 20.5 Å². The first-order chi connectivity index (χ1) is 12.2. The van der Waals surface area contributed by atoms with E-state index in [-0.39, 0.29) is 12.3 Å². The third-order valence-corrected chi connectivity index (χ3v) is 3.66. The zero-order valence-electron chi connectivity index (χ0n) is 16.6. The highest BCUT2D eigenvalue weighted by Gasteiger charge is 2.15.